The molecule has 0 heterocycles. The van der Waals surface area contributed by atoms with Gasteiger partial charge in [0.25, 0.3) is 0 Å². The molecule has 1 N–H and O–H groups in total. The van der Waals surface area contributed by atoms with Crippen molar-refractivity contribution < 1.29 is 13.9 Å². The second kappa shape index (κ2) is 8.99. The second-order valence-corrected chi connectivity index (χ2v) is 3.22. The van der Waals surface area contributed by atoms with Gasteiger partial charge in [-0.3, -0.25) is 0 Å². The smallest absolute Gasteiger partial charge is 0.407 e. The van der Waals surface area contributed by atoms with Crippen molar-refractivity contribution in [1.29, 1.82) is 0 Å². The van der Waals surface area contributed by atoms with E-state index in [-0.39, 0.29) is 17.7 Å². The zero-order chi connectivity index (χ0) is 10.8. The van der Waals surface area contributed by atoms with Crippen molar-refractivity contribution in [2.24, 2.45) is 0 Å². The van der Waals surface area contributed by atoms with Gasteiger partial charge in [0.15, 0.2) is 0 Å². The summed E-state index contributed by atoms with van der Waals surface area (Å²) in [4.78, 5) is 10.9. The quantitative estimate of drug-likeness (QED) is 0.594. The fourth-order valence-electron chi connectivity index (χ4n) is 0.660. The normalized spacial score (nSPS) is 11.2. The first-order valence-electron chi connectivity index (χ1n) is 4.51. The maximum absolute atomic E-state index is 12.5. The molecule has 14 heavy (non-hydrogen) atoms. The molecule has 0 aliphatic rings. The summed E-state index contributed by atoms with van der Waals surface area (Å²) in [7, 11) is 0. The van der Waals surface area contributed by atoms with Gasteiger partial charge in [-0.15, -0.1) is 0 Å². The van der Waals surface area contributed by atoms with Gasteiger partial charge in [0.1, 0.15) is 5.83 Å². The van der Waals surface area contributed by atoms with Gasteiger partial charge in [0, 0.05) is 6.54 Å². The van der Waals surface area contributed by atoms with E-state index >= 15 is 0 Å². The van der Waals surface area contributed by atoms with Gasteiger partial charge in [-0.25, -0.2) is 9.18 Å². The lowest BCUT2D eigenvalue weighted by Gasteiger charge is -2.03. The standard InChI is InChI=1S/C9H15BrFNO2/c1-2-3-6-14-9(13)12-5-4-8(11)7-10/h4H,2-3,5-7H2,1H3,(H,12,13). The summed E-state index contributed by atoms with van der Waals surface area (Å²) in [6, 6.07) is 0. The highest BCUT2D eigenvalue weighted by Crippen LogP contribution is 1.98. The molecular formula is C9H15BrFNO2. The van der Waals surface area contributed by atoms with Gasteiger partial charge in [-0.2, -0.15) is 0 Å². The molecule has 0 radical (unpaired) electrons. The Bertz CT molecular complexity index is 197. The van der Waals surface area contributed by atoms with Crippen molar-refractivity contribution in [3.8, 4) is 0 Å². The van der Waals surface area contributed by atoms with Gasteiger partial charge >= 0.3 is 6.09 Å². The van der Waals surface area contributed by atoms with E-state index in [0.717, 1.165) is 12.8 Å². The monoisotopic (exact) mass is 267 g/mol. The maximum Gasteiger partial charge on any atom is 0.407 e. The van der Waals surface area contributed by atoms with Crippen LogP contribution in [-0.2, 0) is 4.74 Å². The minimum atomic E-state index is -0.503. The fourth-order valence-corrected chi connectivity index (χ4v) is 0.889. The van der Waals surface area contributed by atoms with Crippen molar-refractivity contribution in [3.63, 3.8) is 0 Å². The Morgan fingerprint density at radius 1 is 1.64 bits per heavy atom. The Morgan fingerprint density at radius 2 is 2.36 bits per heavy atom. The highest BCUT2D eigenvalue weighted by atomic mass is 79.9. The molecule has 0 bridgehead atoms. The molecule has 82 valence electrons. The van der Waals surface area contributed by atoms with E-state index in [9.17, 15) is 9.18 Å². The molecule has 0 aromatic carbocycles. The van der Waals surface area contributed by atoms with Crippen LogP contribution in [0.5, 0.6) is 0 Å². The Balaban J connectivity index is 3.44. The number of carbonyl (C=O) groups excluding carboxylic acids is 1. The van der Waals surface area contributed by atoms with Gasteiger partial charge in [-0.1, -0.05) is 29.3 Å². The molecule has 0 aliphatic heterocycles. The topological polar surface area (TPSA) is 38.3 Å². The molecule has 0 atom stereocenters. The predicted octanol–water partition coefficient (Wildman–Crippen LogP) is 2.76. The van der Waals surface area contributed by atoms with E-state index in [4.69, 9.17) is 4.74 Å². The first-order chi connectivity index (χ1) is 6.70. The summed E-state index contributed by atoms with van der Waals surface area (Å²) < 4.78 is 17.3. The molecule has 0 spiro atoms. The van der Waals surface area contributed by atoms with Crippen molar-refractivity contribution in [2.75, 3.05) is 18.5 Å². The van der Waals surface area contributed by atoms with Crippen LogP contribution in [0.2, 0.25) is 0 Å². The number of hydrogen-bond donors (Lipinski definition) is 1. The third kappa shape index (κ3) is 8.04. The Labute approximate surface area is 91.8 Å². The summed E-state index contributed by atoms with van der Waals surface area (Å²) in [5.74, 6) is -0.307. The van der Waals surface area contributed by atoms with Crippen LogP contribution in [0.15, 0.2) is 11.9 Å². The van der Waals surface area contributed by atoms with Crippen LogP contribution in [0, 0.1) is 0 Å². The number of alkyl halides is 1. The zero-order valence-corrected chi connectivity index (χ0v) is 9.77. The summed E-state index contributed by atoms with van der Waals surface area (Å²) in [6.45, 7) is 2.57. The Hall–Kier alpha value is -0.580. The van der Waals surface area contributed by atoms with Crippen LogP contribution < -0.4 is 5.32 Å². The van der Waals surface area contributed by atoms with E-state index in [0.29, 0.717) is 6.61 Å². The zero-order valence-electron chi connectivity index (χ0n) is 8.19. The maximum atomic E-state index is 12.5. The summed E-state index contributed by atoms with van der Waals surface area (Å²) in [5, 5.41) is 2.57. The highest BCUT2D eigenvalue weighted by Gasteiger charge is 1.98. The number of carbonyl (C=O) groups is 1. The average Bonchev–Trinajstić information content (AvgIpc) is 2.18. The van der Waals surface area contributed by atoms with E-state index < -0.39 is 6.09 Å². The third-order valence-corrected chi connectivity index (χ3v) is 1.96. The van der Waals surface area contributed by atoms with Gasteiger partial charge in [-0.05, 0) is 12.5 Å². The first-order valence-corrected chi connectivity index (χ1v) is 5.64. The number of alkyl carbamates (subject to hydrolysis) is 1. The van der Waals surface area contributed by atoms with Gasteiger partial charge in [0.05, 0.1) is 11.9 Å². The number of amides is 1. The molecule has 1 amide bonds. The summed E-state index contributed by atoms with van der Waals surface area (Å²) >= 11 is 2.95. The van der Waals surface area contributed by atoms with E-state index in [2.05, 4.69) is 21.2 Å². The van der Waals surface area contributed by atoms with E-state index in [1.807, 2.05) is 6.92 Å². The lowest BCUT2D eigenvalue weighted by atomic mass is 10.4. The minimum absolute atomic E-state index is 0.155. The van der Waals surface area contributed by atoms with Crippen LogP contribution in [0.1, 0.15) is 19.8 Å². The number of rotatable bonds is 6. The molecule has 0 aromatic heterocycles. The molecule has 0 unspecified atom stereocenters. The number of hydrogen-bond acceptors (Lipinski definition) is 2. The molecule has 0 fully saturated rings. The molecule has 5 heteroatoms. The van der Waals surface area contributed by atoms with Crippen LogP contribution >= 0.6 is 15.9 Å². The number of nitrogens with one attached hydrogen (secondary N) is 1. The summed E-state index contributed by atoms with van der Waals surface area (Å²) in [6.07, 6.45) is 2.61. The van der Waals surface area contributed by atoms with Crippen molar-refractivity contribution in [3.05, 3.63) is 11.9 Å². The number of ether oxygens (including phenoxy) is 1. The SMILES string of the molecule is CCCCOC(=O)NCC=C(F)CBr. The van der Waals surface area contributed by atoms with E-state index in [1.54, 1.807) is 0 Å². The summed E-state index contributed by atoms with van der Waals surface area (Å²) in [5.41, 5.74) is 0. The van der Waals surface area contributed by atoms with Crippen LogP contribution in [0.25, 0.3) is 0 Å². The lowest BCUT2D eigenvalue weighted by Crippen LogP contribution is -2.24. The molecule has 0 aliphatic carbocycles. The number of unbranched alkanes of at least 4 members (excludes halogenated alkanes) is 1. The second-order valence-electron chi connectivity index (χ2n) is 2.65. The van der Waals surface area contributed by atoms with Crippen molar-refractivity contribution >= 4 is 22.0 Å². The van der Waals surface area contributed by atoms with Crippen LogP contribution in [0.4, 0.5) is 9.18 Å². The lowest BCUT2D eigenvalue weighted by molar-refractivity contribution is 0.145. The largest absolute Gasteiger partial charge is 0.450 e. The molecule has 0 saturated carbocycles. The highest BCUT2D eigenvalue weighted by molar-refractivity contribution is 9.09. The molecular weight excluding hydrogens is 253 g/mol. The Morgan fingerprint density at radius 3 is 2.93 bits per heavy atom. The molecule has 0 aromatic rings. The number of allylic oxidation sites excluding steroid dienone is 1. The minimum Gasteiger partial charge on any atom is -0.450 e. The predicted molar refractivity (Wildman–Crippen MR) is 57.2 cm³/mol. The average molecular weight is 268 g/mol. The first kappa shape index (κ1) is 13.4. The number of halogens is 2. The van der Waals surface area contributed by atoms with Gasteiger partial charge < -0.3 is 10.1 Å². The van der Waals surface area contributed by atoms with Gasteiger partial charge in [0.2, 0.25) is 0 Å². The Kier molecular flexibility index (Phi) is 8.62. The van der Waals surface area contributed by atoms with Crippen LogP contribution in [-0.4, -0.2) is 24.6 Å². The fraction of sp³-hybridized carbons (Fsp3) is 0.667. The molecule has 3 nitrogen and oxygen atoms in total. The molecule has 0 saturated heterocycles. The van der Waals surface area contributed by atoms with Crippen molar-refractivity contribution in [1.82, 2.24) is 5.32 Å². The van der Waals surface area contributed by atoms with E-state index in [1.165, 1.54) is 6.08 Å². The molecule has 0 rings (SSSR count). The third-order valence-electron chi connectivity index (χ3n) is 1.43. The van der Waals surface area contributed by atoms with Crippen LogP contribution in [0.3, 0.4) is 0 Å². The van der Waals surface area contributed by atoms with Crippen molar-refractivity contribution in [2.45, 2.75) is 19.8 Å².